The monoisotopic (exact) mass is 339 g/mol. The van der Waals surface area contributed by atoms with Crippen molar-refractivity contribution in [2.24, 2.45) is 0 Å². The summed E-state index contributed by atoms with van der Waals surface area (Å²) in [7, 11) is 0. The van der Waals surface area contributed by atoms with Crippen LogP contribution in [0.25, 0.3) is 0 Å². The molecule has 0 fully saturated rings. The number of rotatable bonds is 9. The lowest BCUT2D eigenvalue weighted by Gasteiger charge is -2.12. The van der Waals surface area contributed by atoms with Crippen molar-refractivity contribution in [2.45, 2.75) is 39.0 Å². The summed E-state index contributed by atoms with van der Waals surface area (Å²) in [4.78, 5) is 33.9. The molecule has 0 aliphatic heterocycles. The van der Waals surface area contributed by atoms with E-state index >= 15 is 0 Å². The normalized spacial score (nSPS) is 11.6. The quantitative estimate of drug-likeness (QED) is 0.241. The van der Waals surface area contributed by atoms with E-state index in [9.17, 15) is 19.7 Å². The molecule has 0 saturated carbocycles. The van der Waals surface area contributed by atoms with Crippen LogP contribution in [0.2, 0.25) is 0 Å². The van der Waals surface area contributed by atoms with E-state index in [1.165, 1.54) is 18.2 Å². The molecule has 132 valence electrons. The van der Waals surface area contributed by atoms with Crippen molar-refractivity contribution in [2.75, 3.05) is 13.2 Å². The van der Waals surface area contributed by atoms with Crippen LogP contribution in [0.15, 0.2) is 18.2 Å². The fraction of sp³-hybridized carbons (Fsp3) is 0.500. The third kappa shape index (κ3) is 5.62. The standard InChI is InChI=1S/C16H21NO7/c1-3-23-16(20)11(2)12-7-8-14(13(10-12)17(21)22)24-15(19)6-4-5-9-18/h7-8,10-11,18H,3-6,9H2,1-2H3. The molecule has 1 aromatic carbocycles. The molecule has 8 nitrogen and oxygen atoms in total. The molecule has 0 radical (unpaired) electrons. The third-order valence-corrected chi connectivity index (χ3v) is 3.33. The van der Waals surface area contributed by atoms with Crippen LogP contribution in [0, 0.1) is 10.1 Å². The Kier molecular flexibility index (Phi) is 7.84. The summed E-state index contributed by atoms with van der Waals surface area (Å²) in [6, 6.07) is 4.00. The average Bonchev–Trinajstić information content (AvgIpc) is 2.54. The first-order valence-electron chi connectivity index (χ1n) is 7.67. The van der Waals surface area contributed by atoms with Crippen molar-refractivity contribution in [1.29, 1.82) is 0 Å². The van der Waals surface area contributed by atoms with Crippen LogP contribution in [0.1, 0.15) is 44.6 Å². The Bertz CT molecular complexity index is 600. The number of carbonyl (C=O) groups is 2. The van der Waals surface area contributed by atoms with Gasteiger partial charge >= 0.3 is 17.6 Å². The largest absolute Gasteiger partial charge is 0.466 e. The second-order valence-electron chi connectivity index (χ2n) is 5.11. The van der Waals surface area contributed by atoms with Crippen molar-refractivity contribution < 1.29 is 29.1 Å². The van der Waals surface area contributed by atoms with Crippen LogP contribution < -0.4 is 4.74 Å². The van der Waals surface area contributed by atoms with Gasteiger partial charge in [0.2, 0.25) is 5.75 Å². The number of benzene rings is 1. The molecular weight excluding hydrogens is 318 g/mol. The molecule has 0 amide bonds. The van der Waals surface area contributed by atoms with Gasteiger partial charge in [0, 0.05) is 19.1 Å². The minimum absolute atomic E-state index is 0.0339. The number of hydrogen-bond donors (Lipinski definition) is 1. The van der Waals surface area contributed by atoms with Crippen LogP contribution in [0.3, 0.4) is 0 Å². The number of esters is 2. The number of unbranched alkanes of at least 4 members (excludes halogenated alkanes) is 1. The summed E-state index contributed by atoms with van der Waals surface area (Å²) in [6.07, 6.45) is 0.937. The van der Waals surface area contributed by atoms with E-state index in [1.807, 2.05) is 0 Å². The third-order valence-electron chi connectivity index (χ3n) is 3.33. The van der Waals surface area contributed by atoms with E-state index in [1.54, 1.807) is 13.8 Å². The maximum Gasteiger partial charge on any atom is 0.313 e. The molecule has 1 aromatic rings. The summed E-state index contributed by atoms with van der Waals surface area (Å²) in [6.45, 7) is 3.44. The number of nitro benzene ring substituents is 1. The lowest BCUT2D eigenvalue weighted by molar-refractivity contribution is -0.385. The van der Waals surface area contributed by atoms with Crippen molar-refractivity contribution in [3.63, 3.8) is 0 Å². The molecule has 0 spiro atoms. The molecule has 0 aromatic heterocycles. The number of aliphatic hydroxyl groups is 1. The molecule has 8 heteroatoms. The van der Waals surface area contributed by atoms with Gasteiger partial charge < -0.3 is 14.6 Å². The van der Waals surface area contributed by atoms with Crippen molar-refractivity contribution in [3.05, 3.63) is 33.9 Å². The summed E-state index contributed by atoms with van der Waals surface area (Å²) < 4.78 is 9.91. The van der Waals surface area contributed by atoms with Gasteiger partial charge in [0.1, 0.15) is 0 Å². The van der Waals surface area contributed by atoms with E-state index in [2.05, 4.69) is 0 Å². The van der Waals surface area contributed by atoms with Gasteiger partial charge in [-0.05, 0) is 38.3 Å². The molecule has 1 N–H and O–H groups in total. The van der Waals surface area contributed by atoms with Crippen molar-refractivity contribution in [1.82, 2.24) is 0 Å². The molecule has 0 heterocycles. The molecule has 24 heavy (non-hydrogen) atoms. The predicted molar refractivity (Wildman–Crippen MR) is 84.7 cm³/mol. The van der Waals surface area contributed by atoms with Crippen LogP contribution >= 0.6 is 0 Å². The Morgan fingerprint density at radius 2 is 2.04 bits per heavy atom. The molecular formula is C16H21NO7. The second-order valence-corrected chi connectivity index (χ2v) is 5.11. The zero-order valence-corrected chi connectivity index (χ0v) is 13.7. The fourth-order valence-electron chi connectivity index (χ4n) is 1.99. The van der Waals surface area contributed by atoms with E-state index < -0.39 is 22.8 Å². The number of nitrogens with zero attached hydrogens (tertiary/aromatic N) is 1. The number of aliphatic hydroxyl groups excluding tert-OH is 1. The minimum Gasteiger partial charge on any atom is -0.466 e. The summed E-state index contributed by atoms with van der Waals surface area (Å²) in [5, 5.41) is 19.9. The minimum atomic E-state index is -0.669. The molecule has 1 rings (SSSR count). The Morgan fingerprint density at radius 1 is 1.33 bits per heavy atom. The van der Waals surface area contributed by atoms with Crippen molar-refractivity contribution in [3.8, 4) is 5.75 Å². The lowest BCUT2D eigenvalue weighted by atomic mass is 10.0. The van der Waals surface area contributed by atoms with Crippen LogP contribution in [0.5, 0.6) is 5.75 Å². The van der Waals surface area contributed by atoms with E-state index in [0.717, 1.165) is 0 Å². The topological polar surface area (TPSA) is 116 Å². The summed E-state index contributed by atoms with van der Waals surface area (Å²) >= 11 is 0. The summed E-state index contributed by atoms with van der Waals surface area (Å²) in [5.41, 5.74) is 0.0133. The lowest BCUT2D eigenvalue weighted by Crippen LogP contribution is -2.14. The van der Waals surface area contributed by atoms with E-state index in [-0.39, 0.29) is 31.1 Å². The Balaban J connectivity index is 2.93. The number of ether oxygens (including phenoxy) is 2. The van der Waals surface area contributed by atoms with E-state index in [0.29, 0.717) is 18.4 Å². The van der Waals surface area contributed by atoms with Gasteiger partial charge in [-0.3, -0.25) is 19.7 Å². The first-order valence-corrected chi connectivity index (χ1v) is 7.67. The number of hydrogen-bond acceptors (Lipinski definition) is 7. The molecule has 1 atom stereocenters. The van der Waals surface area contributed by atoms with Crippen LogP contribution in [-0.4, -0.2) is 35.2 Å². The van der Waals surface area contributed by atoms with Gasteiger partial charge in [-0.25, -0.2) is 0 Å². The second kappa shape index (κ2) is 9.61. The first kappa shape index (κ1) is 19.6. The SMILES string of the molecule is CCOC(=O)C(C)c1ccc(OC(=O)CCCCO)c([N+](=O)[O-])c1. The highest BCUT2D eigenvalue weighted by molar-refractivity contribution is 5.79. The van der Waals surface area contributed by atoms with Gasteiger partial charge in [-0.15, -0.1) is 0 Å². The van der Waals surface area contributed by atoms with Gasteiger partial charge in [0.05, 0.1) is 17.4 Å². The molecule has 0 aliphatic carbocycles. The van der Waals surface area contributed by atoms with Crippen LogP contribution in [-0.2, 0) is 14.3 Å². The van der Waals surface area contributed by atoms with Crippen LogP contribution in [0.4, 0.5) is 5.69 Å². The molecule has 0 saturated heterocycles. The zero-order chi connectivity index (χ0) is 18.1. The summed E-state index contributed by atoms with van der Waals surface area (Å²) in [5.74, 6) is -1.94. The number of nitro groups is 1. The van der Waals surface area contributed by atoms with Gasteiger partial charge in [-0.1, -0.05) is 6.07 Å². The predicted octanol–water partition coefficient (Wildman–Crippen LogP) is 2.33. The van der Waals surface area contributed by atoms with Crippen molar-refractivity contribution >= 4 is 17.6 Å². The Morgan fingerprint density at radius 3 is 2.62 bits per heavy atom. The van der Waals surface area contributed by atoms with Gasteiger partial charge in [-0.2, -0.15) is 0 Å². The number of carbonyl (C=O) groups excluding carboxylic acids is 2. The Hall–Kier alpha value is -2.48. The highest BCUT2D eigenvalue weighted by atomic mass is 16.6. The molecule has 0 bridgehead atoms. The average molecular weight is 339 g/mol. The molecule has 1 unspecified atom stereocenters. The first-order chi connectivity index (χ1) is 11.4. The highest BCUT2D eigenvalue weighted by Crippen LogP contribution is 2.31. The highest BCUT2D eigenvalue weighted by Gasteiger charge is 2.23. The maximum absolute atomic E-state index is 11.7. The molecule has 0 aliphatic rings. The fourth-order valence-corrected chi connectivity index (χ4v) is 1.99. The Labute approximate surface area is 139 Å². The maximum atomic E-state index is 11.7. The van der Waals surface area contributed by atoms with Gasteiger partial charge in [0.25, 0.3) is 0 Å². The zero-order valence-electron chi connectivity index (χ0n) is 13.7. The smallest absolute Gasteiger partial charge is 0.313 e. The van der Waals surface area contributed by atoms with E-state index in [4.69, 9.17) is 14.6 Å². The van der Waals surface area contributed by atoms with Gasteiger partial charge in [0.15, 0.2) is 0 Å².